The van der Waals surface area contributed by atoms with Gasteiger partial charge in [0.25, 0.3) is 0 Å². The molecule has 0 aromatic carbocycles. The fourth-order valence-corrected chi connectivity index (χ4v) is 896. The lowest BCUT2D eigenvalue weighted by Crippen LogP contribution is -3.14. The summed E-state index contributed by atoms with van der Waals surface area (Å²) in [6.45, 7) is 105. The van der Waals surface area contributed by atoms with Gasteiger partial charge in [0.1, 0.15) is 0 Å². The van der Waals surface area contributed by atoms with E-state index in [1.165, 1.54) is 0 Å². The van der Waals surface area contributed by atoms with Crippen molar-refractivity contribution in [3.63, 3.8) is 0 Å². The summed E-state index contributed by atoms with van der Waals surface area (Å²) in [5.74, 6) is 0. The molecule has 0 heterocycles. The topological polar surface area (TPSA) is 0 Å². The highest BCUT2D eigenvalue weighted by Crippen LogP contribution is 2.60. The molecule has 0 unspecified atom stereocenters. The lowest BCUT2D eigenvalue weighted by atomic mass is 11.8. The molecule has 0 aliphatic heterocycles. The van der Waals surface area contributed by atoms with Gasteiger partial charge in [-0.05, 0) is 0 Å². The van der Waals surface area contributed by atoms with Gasteiger partial charge in [0.2, 0.25) is 0 Å². The summed E-state index contributed by atoms with van der Waals surface area (Å²) in [6.07, 6.45) is -2.05. The quantitative estimate of drug-likeness (QED) is 0.135. The second kappa shape index (κ2) is 14.9. The van der Waals surface area contributed by atoms with E-state index in [9.17, 15) is 0 Å². The van der Waals surface area contributed by atoms with Crippen molar-refractivity contribution in [2.45, 2.75) is 236 Å². The molecule has 0 spiro atoms. The lowest BCUT2D eigenvalue weighted by Gasteiger charge is -2.83. The summed E-state index contributed by atoms with van der Waals surface area (Å²) in [5, 5.41) is 0. The molecule has 0 radical (unpaired) electrons. The summed E-state index contributed by atoms with van der Waals surface area (Å²) >= 11 is 0. The molecule has 0 aliphatic rings. The second-order valence-corrected chi connectivity index (χ2v) is 233. The molecular weight excluding hydrogens is 910 g/mol. The zero-order valence-corrected chi connectivity index (χ0v) is 61.5. The largest absolute Gasteiger partial charge is 0.0749 e. The standard InChI is InChI=1S/C36H108Si17/c1-37(2,3)49(33,38(4,5)6)45(25,26)53(46(27,28)50(34,39(7,8)9)40(10,11)12,47(29,30)51(35,41(13,14)15)42(16,17)18)48(31,32)52(36,43(19,20)21)44(22,23)24/h1-36H3. The van der Waals surface area contributed by atoms with Crippen molar-refractivity contribution in [2.75, 3.05) is 0 Å². The van der Waals surface area contributed by atoms with Crippen LogP contribution in [0.15, 0.2) is 0 Å². The first-order valence-electron chi connectivity index (χ1n) is 22.0. The normalized spacial score (nSPS) is 17.4. The van der Waals surface area contributed by atoms with Gasteiger partial charge in [0.05, 0.1) is 0 Å². The van der Waals surface area contributed by atoms with E-state index in [-0.39, 0.29) is 0 Å². The predicted molar refractivity (Wildman–Crippen MR) is 309 cm³/mol. The first-order chi connectivity index (χ1) is 22.0. The van der Waals surface area contributed by atoms with Crippen LogP contribution in [-0.4, -0.2) is 122 Å². The maximum Gasteiger partial charge on any atom is 0.0331 e. The van der Waals surface area contributed by atoms with Crippen LogP contribution in [0.3, 0.4) is 0 Å². The third-order valence-electron chi connectivity index (χ3n) is 20.8. The summed E-state index contributed by atoms with van der Waals surface area (Å²) in [5.41, 5.74) is 0. The van der Waals surface area contributed by atoms with Crippen LogP contribution in [0.5, 0.6) is 0 Å². The van der Waals surface area contributed by atoms with Crippen LogP contribution in [0.4, 0.5) is 0 Å². The highest BCUT2D eigenvalue weighted by atomic mass is 30.5. The van der Waals surface area contributed by atoms with E-state index in [0.29, 0.717) is 0 Å². The zero-order valence-electron chi connectivity index (χ0n) is 44.5. The average molecular weight is 1020 g/mol. The first-order valence-corrected chi connectivity index (χ1v) is 90.0. The van der Waals surface area contributed by atoms with Gasteiger partial charge in [-0.25, -0.2) is 0 Å². The molecule has 0 amide bonds. The van der Waals surface area contributed by atoms with Gasteiger partial charge in [-0.15, -0.1) is 0 Å². The van der Waals surface area contributed by atoms with Crippen molar-refractivity contribution in [1.29, 1.82) is 0 Å². The van der Waals surface area contributed by atoms with Crippen LogP contribution in [0, 0.1) is 0 Å². The molecule has 17 heteroatoms. The Labute approximate surface area is 354 Å². The van der Waals surface area contributed by atoms with Crippen LogP contribution in [0.1, 0.15) is 0 Å². The van der Waals surface area contributed by atoms with Crippen LogP contribution < -0.4 is 0 Å². The Morgan fingerprint density at radius 2 is 0.208 bits per heavy atom. The summed E-state index contributed by atoms with van der Waals surface area (Å²) < 4.78 is 0. The monoisotopic (exact) mass is 1020 g/mol. The third-order valence-corrected chi connectivity index (χ3v) is 484. The Morgan fingerprint density at radius 1 is 0.132 bits per heavy atom. The fourth-order valence-electron chi connectivity index (χ4n) is 18.2. The predicted octanol–water partition coefficient (Wildman–Crippen LogP) is 14.5. The molecule has 53 heavy (non-hydrogen) atoms. The highest BCUT2D eigenvalue weighted by Gasteiger charge is 2.88. The molecule has 0 atom stereocenters. The molecule has 0 saturated heterocycles. The molecule has 0 aromatic rings. The molecule has 0 aliphatic carbocycles. The van der Waals surface area contributed by atoms with Crippen molar-refractivity contribution in [2.24, 2.45) is 0 Å². The SMILES string of the molecule is C[Si](C)(C)[Si](C)([Si](C)(C)C)[Si](C)(C)[Si]([Si](C)(C)[Si](C)([Si](C)(C)C)[Si](C)(C)C)([Si](C)(C)[Si](C)([Si](C)(C)C)[Si](C)(C)C)[Si](C)(C)[Si](C)([Si](C)(C)C)[Si](C)(C)C. The maximum absolute atomic E-state index is 3.40. The number of hydrogen-bond acceptors (Lipinski definition) is 0. The first kappa shape index (κ1) is 56.7. The fraction of sp³-hybridized carbons (Fsp3) is 1.00. The smallest absolute Gasteiger partial charge is 0.0331 e. The van der Waals surface area contributed by atoms with Gasteiger partial charge in [-0.1, -0.05) is 236 Å². The van der Waals surface area contributed by atoms with Crippen molar-refractivity contribution in [1.82, 2.24) is 0 Å². The van der Waals surface area contributed by atoms with Crippen LogP contribution in [-0.2, 0) is 0 Å². The molecule has 0 aromatic heterocycles. The van der Waals surface area contributed by atoms with Gasteiger partial charge in [0.15, 0.2) is 0 Å². The molecule has 0 N–H and O–H groups in total. The van der Waals surface area contributed by atoms with Crippen molar-refractivity contribution >= 4 is 122 Å². The van der Waals surface area contributed by atoms with E-state index in [1.807, 2.05) is 0 Å². The van der Waals surface area contributed by atoms with Gasteiger partial charge in [-0.3, -0.25) is 0 Å². The molecular formula is C36H108Si17. The number of hydrogen-bond donors (Lipinski definition) is 0. The van der Waals surface area contributed by atoms with E-state index in [0.717, 1.165) is 0 Å². The van der Waals surface area contributed by atoms with E-state index in [2.05, 4.69) is 236 Å². The molecule has 0 fully saturated rings. The Balaban J connectivity index is 11.1. The molecule has 320 valence electrons. The second-order valence-electron chi connectivity index (χ2n) is 29.8. The van der Waals surface area contributed by atoms with E-state index >= 15 is 0 Å². The van der Waals surface area contributed by atoms with Gasteiger partial charge >= 0.3 is 0 Å². The van der Waals surface area contributed by atoms with E-state index in [1.54, 1.807) is 0 Å². The average Bonchev–Trinajstić information content (AvgIpc) is 2.80. The van der Waals surface area contributed by atoms with Gasteiger partial charge < -0.3 is 0 Å². The molecule has 0 saturated carbocycles. The van der Waals surface area contributed by atoms with Crippen LogP contribution >= 0.6 is 0 Å². The summed E-state index contributed by atoms with van der Waals surface area (Å²) in [7, 11) is -19.6. The molecule has 0 bridgehead atoms. The Hall–Kier alpha value is 3.69. The summed E-state index contributed by atoms with van der Waals surface area (Å²) in [6, 6.07) is 0. The van der Waals surface area contributed by atoms with Crippen molar-refractivity contribution < 1.29 is 0 Å². The minimum Gasteiger partial charge on any atom is -0.0749 e. The lowest BCUT2D eigenvalue weighted by molar-refractivity contribution is 1.72. The van der Waals surface area contributed by atoms with Crippen LogP contribution in [0.25, 0.3) is 0 Å². The van der Waals surface area contributed by atoms with E-state index in [4.69, 9.17) is 0 Å². The molecule has 0 rings (SSSR count). The minimum absolute atomic E-state index is 1.50. The summed E-state index contributed by atoms with van der Waals surface area (Å²) in [4.78, 5) is 0. The highest BCUT2D eigenvalue weighted by molar-refractivity contribution is 8.36. The maximum atomic E-state index is 3.40. The third kappa shape index (κ3) is 7.36. The number of rotatable bonds is 16. The van der Waals surface area contributed by atoms with Crippen LogP contribution in [0.2, 0.25) is 236 Å². The zero-order chi connectivity index (χ0) is 44.5. The molecule has 0 nitrogen and oxygen atoms in total. The van der Waals surface area contributed by atoms with E-state index < -0.39 is 122 Å². The van der Waals surface area contributed by atoms with Crippen molar-refractivity contribution in [3.8, 4) is 0 Å². The van der Waals surface area contributed by atoms with Gasteiger partial charge in [0, 0.05) is 122 Å². The minimum atomic E-state index is -2.05. The Morgan fingerprint density at radius 3 is 0.264 bits per heavy atom. The van der Waals surface area contributed by atoms with Gasteiger partial charge in [-0.2, -0.15) is 0 Å². The Kier molecular flexibility index (Phi) is 15.9. The Bertz CT molecular complexity index is 1050. The van der Waals surface area contributed by atoms with Crippen molar-refractivity contribution in [3.05, 3.63) is 0 Å².